The third-order valence-corrected chi connectivity index (χ3v) is 7.57. The van der Waals surface area contributed by atoms with E-state index in [9.17, 15) is 13.6 Å². The lowest BCUT2D eigenvalue weighted by Gasteiger charge is -2.31. The van der Waals surface area contributed by atoms with Crippen LogP contribution in [-0.2, 0) is 22.5 Å². The number of rotatable bonds is 12. The molecule has 1 amide bonds. The number of carbonyl (C=O) groups excluding carboxylic acids is 1. The standard InChI is InChI=1S/C33H29Cl2F2N3O4/c34-24-9-12-28(29(35)17-24)30-33(19-21-5-2-1-3-6-21,32(42)40-38-20-22-15-25(36)18-26(37)16-22)39-31(44-30)23-7-10-27(11-8-23)43-14-4-13-41/h1-3,5-12,15-18,30,38,41H,4,13-14,19-20H2,(H,40,42)/t30-,33-/m0/s1. The van der Waals surface area contributed by atoms with Crippen molar-refractivity contribution in [2.75, 3.05) is 13.2 Å². The third-order valence-electron chi connectivity index (χ3n) is 7.01. The van der Waals surface area contributed by atoms with E-state index in [1.165, 1.54) is 12.1 Å². The van der Waals surface area contributed by atoms with Crippen molar-refractivity contribution in [2.45, 2.75) is 31.0 Å². The minimum Gasteiger partial charge on any atom is -0.494 e. The topological polar surface area (TPSA) is 92.2 Å². The highest BCUT2D eigenvalue weighted by Crippen LogP contribution is 2.45. The third kappa shape index (κ3) is 7.36. The first-order valence-corrected chi connectivity index (χ1v) is 14.6. The molecule has 0 aliphatic carbocycles. The predicted octanol–water partition coefficient (Wildman–Crippen LogP) is 6.35. The number of halogens is 4. The number of hydrogen-bond acceptors (Lipinski definition) is 6. The molecule has 0 radical (unpaired) electrons. The molecule has 0 spiro atoms. The Kier molecular flexibility index (Phi) is 10.1. The summed E-state index contributed by atoms with van der Waals surface area (Å²) < 4.78 is 39.6. The minimum atomic E-state index is -1.56. The molecular formula is C33H29Cl2F2N3O4. The van der Waals surface area contributed by atoms with Crippen LogP contribution in [0.3, 0.4) is 0 Å². The molecule has 1 heterocycles. The van der Waals surface area contributed by atoms with E-state index in [1.807, 2.05) is 30.3 Å². The molecule has 1 aliphatic rings. The van der Waals surface area contributed by atoms with Gasteiger partial charge in [0.25, 0.3) is 5.91 Å². The average molecular weight is 641 g/mol. The van der Waals surface area contributed by atoms with E-state index in [-0.39, 0.29) is 25.5 Å². The monoisotopic (exact) mass is 639 g/mol. The number of hydrazine groups is 1. The maximum Gasteiger partial charge on any atom is 0.266 e. The van der Waals surface area contributed by atoms with Gasteiger partial charge in [0.15, 0.2) is 11.6 Å². The maximum absolute atomic E-state index is 14.2. The van der Waals surface area contributed by atoms with Crippen LogP contribution in [0.5, 0.6) is 5.75 Å². The van der Waals surface area contributed by atoms with Crippen LogP contribution in [0.1, 0.15) is 34.8 Å². The van der Waals surface area contributed by atoms with E-state index in [0.29, 0.717) is 45.5 Å². The van der Waals surface area contributed by atoms with E-state index in [2.05, 4.69) is 10.9 Å². The lowest BCUT2D eigenvalue weighted by molar-refractivity contribution is -0.130. The van der Waals surface area contributed by atoms with Crippen LogP contribution in [0, 0.1) is 11.6 Å². The first kappa shape index (κ1) is 31.4. The Morgan fingerprint density at radius 1 is 0.955 bits per heavy atom. The molecule has 1 aliphatic heterocycles. The molecule has 11 heteroatoms. The zero-order chi connectivity index (χ0) is 31.1. The van der Waals surface area contributed by atoms with E-state index < -0.39 is 29.2 Å². The summed E-state index contributed by atoms with van der Waals surface area (Å²) in [5.74, 6) is -1.19. The summed E-state index contributed by atoms with van der Waals surface area (Å²) in [5, 5.41) is 9.73. The van der Waals surface area contributed by atoms with Crippen LogP contribution in [0.2, 0.25) is 10.0 Å². The summed E-state index contributed by atoms with van der Waals surface area (Å²) >= 11 is 12.9. The number of aliphatic imine (C=N–C) groups is 1. The van der Waals surface area contributed by atoms with Crippen LogP contribution in [-0.4, -0.2) is 35.7 Å². The molecular weight excluding hydrogens is 611 g/mol. The molecule has 4 aromatic carbocycles. The van der Waals surface area contributed by atoms with Crippen molar-refractivity contribution in [1.29, 1.82) is 0 Å². The zero-order valence-corrected chi connectivity index (χ0v) is 24.9. The van der Waals surface area contributed by atoms with Gasteiger partial charge in [-0.1, -0.05) is 59.6 Å². The van der Waals surface area contributed by atoms with Crippen molar-refractivity contribution in [3.63, 3.8) is 0 Å². The van der Waals surface area contributed by atoms with Crippen molar-refractivity contribution >= 4 is 35.0 Å². The van der Waals surface area contributed by atoms with Crippen LogP contribution < -0.4 is 15.6 Å². The van der Waals surface area contributed by atoms with Gasteiger partial charge in [-0.25, -0.2) is 19.2 Å². The predicted molar refractivity (Wildman–Crippen MR) is 165 cm³/mol. The average Bonchev–Trinajstić information content (AvgIpc) is 3.37. The summed E-state index contributed by atoms with van der Waals surface area (Å²) in [6.45, 7) is 0.334. The van der Waals surface area contributed by atoms with Gasteiger partial charge in [-0.2, -0.15) is 0 Å². The summed E-state index contributed by atoms with van der Waals surface area (Å²) in [6.07, 6.45) is -0.345. The van der Waals surface area contributed by atoms with Crippen LogP contribution >= 0.6 is 23.2 Å². The van der Waals surface area contributed by atoms with Gasteiger partial charge in [0.05, 0.1) is 6.61 Å². The molecule has 0 aromatic heterocycles. The van der Waals surface area contributed by atoms with Gasteiger partial charge in [0, 0.05) is 53.2 Å². The highest BCUT2D eigenvalue weighted by atomic mass is 35.5. The van der Waals surface area contributed by atoms with E-state index in [0.717, 1.165) is 11.6 Å². The Morgan fingerprint density at radius 2 is 1.68 bits per heavy atom. The highest BCUT2D eigenvalue weighted by Gasteiger charge is 2.54. The SMILES string of the molecule is O=C(NNCc1cc(F)cc(F)c1)[C@@]1(Cc2ccccc2)N=C(c2ccc(OCCCO)cc2)O[C@H]1c1ccc(Cl)cc1Cl. The number of benzene rings is 4. The van der Waals surface area contributed by atoms with Gasteiger partial charge in [0.1, 0.15) is 17.4 Å². The number of nitrogens with one attached hydrogen (secondary N) is 2. The molecule has 5 rings (SSSR count). The van der Waals surface area contributed by atoms with Crippen molar-refractivity contribution in [1.82, 2.24) is 10.9 Å². The fourth-order valence-electron chi connectivity index (χ4n) is 4.93. The molecule has 0 saturated carbocycles. The van der Waals surface area contributed by atoms with Gasteiger partial charge in [-0.05, 0) is 59.7 Å². The maximum atomic E-state index is 14.2. The number of nitrogens with zero attached hydrogens (tertiary/aromatic N) is 1. The van der Waals surface area contributed by atoms with Gasteiger partial charge >= 0.3 is 0 Å². The molecule has 0 unspecified atom stereocenters. The molecule has 7 nitrogen and oxygen atoms in total. The van der Waals surface area contributed by atoms with Gasteiger partial charge in [0.2, 0.25) is 5.90 Å². The Hall–Kier alpha value is -4.02. The summed E-state index contributed by atoms with van der Waals surface area (Å²) in [4.78, 5) is 19.1. The number of ether oxygens (including phenoxy) is 2. The second kappa shape index (κ2) is 14.2. The first-order chi connectivity index (χ1) is 21.3. The van der Waals surface area contributed by atoms with Crippen molar-refractivity contribution in [2.24, 2.45) is 4.99 Å². The lowest BCUT2D eigenvalue weighted by atomic mass is 9.82. The summed E-state index contributed by atoms with van der Waals surface area (Å²) in [7, 11) is 0. The zero-order valence-electron chi connectivity index (χ0n) is 23.4. The van der Waals surface area contributed by atoms with Crippen LogP contribution in [0.15, 0.2) is 96.0 Å². The summed E-state index contributed by atoms with van der Waals surface area (Å²) in [6, 6.07) is 24.4. The van der Waals surface area contributed by atoms with Crippen LogP contribution in [0.25, 0.3) is 0 Å². The number of aliphatic hydroxyl groups is 1. The molecule has 44 heavy (non-hydrogen) atoms. The Bertz CT molecular complexity index is 1620. The molecule has 0 saturated heterocycles. The molecule has 3 N–H and O–H groups in total. The number of aliphatic hydroxyl groups excluding tert-OH is 1. The van der Waals surface area contributed by atoms with Gasteiger partial charge in [-0.3, -0.25) is 10.2 Å². The molecule has 228 valence electrons. The van der Waals surface area contributed by atoms with E-state index in [4.69, 9.17) is 42.8 Å². The Balaban J connectivity index is 1.52. The Labute approximate surface area is 263 Å². The normalized spacial score (nSPS) is 17.6. The van der Waals surface area contributed by atoms with Gasteiger partial charge in [-0.15, -0.1) is 0 Å². The second-order valence-corrected chi connectivity index (χ2v) is 11.0. The number of amides is 1. The van der Waals surface area contributed by atoms with E-state index in [1.54, 1.807) is 42.5 Å². The van der Waals surface area contributed by atoms with Crippen LogP contribution in [0.4, 0.5) is 8.78 Å². The quantitative estimate of drug-likeness (QED) is 0.124. The fraction of sp³-hybridized carbons (Fsp3) is 0.212. The minimum absolute atomic E-state index is 0.0247. The molecule has 0 fully saturated rings. The van der Waals surface area contributed by atoms with Crippen molar-refractivity contribution in [3.05, 3.63) is 135 Å². The number of hydrogen-bond donors (Lipinski definition) is 3. The Morgan fingerprint density at radius 3 is 2.36 bits per heavy atom. The first-order valence-electron chi connectivity index (χ1n) is 13.8. The van der Waals surface area contributed by atoms with Gasteiger partial charge < -0.3 is 14.6 Å². The van der Waals surface area contributed by atoms with E-state index >= 15 is 0 Å². The highest BCUT2D eigenvalue weighted by molar-refractivity contribution is 6.35. The fourth-order valence-corrected chi connectivity index (χ4v) is 5.44. The smallest absolute Gasteiger partial charge is 0.266 e. The van der Waals surface area contributed by atoms with Crippen molar-refractivity contribution in [3.8, 4) is 5.75 Å². The second-order valence-electron chi connectivity index (χ2n) is 10.2. The lowest BCUT2D eigenvalue weighted by Crippen LogP contribution is -2.53. The van der Waals surface area contributed by atoms with Crippen molar-refractivity contribution < 1.29 is 28.2 Å². The molecule has 2 atom stereocenters. The molecule has 0 bridgehead atoms. The largest absolute Gasteiger partial charge is 0.494 e. The number of carbonyl (C=O) groups is 1. The molecule has 4 aromatic rings. The summed E-state index contributed by atoms with van der Waals surface area (Å²) in [5.41, 5.74) is 6.10.